The first-order valence-corrected chi connectivity index (χ1v) is 6.45. The highest BCUT2D eigenvalue weighted by Crippen LogP contribution is 2.13. The molecule has 0 rings (SSSR count). The van der Waals surface area contributed by atoms with Crippen LogP contribution in [0.3, 0.4) is 0 Å². The monoisotopic (exact) mass is 267 g/mol. The summed E-state index contributed by atoms with van der Waals surface area (Å²) in [5, 5.41) is 7.23. The standard InChI is InChI=1S/C9H17NO6S/c1-6(2)10(5-8(11)12)17(14,15)7(3)9(13)16-4/h6-7H,5H2,1-4H3,(H,11,12). The lowest BCUT2D eigenvalue weighted by Gasteiger charge is -2.26. The van der Waals surface area contributed by atoms with E-state index in [-0.39, 0.29) is 0 Å². The molecule has 0 spiro atoms. The van der Waals surface area contributed by atoms with Gasteiger partial charge in [-0.1, -0.05) is 0 Å². The molecule has 0 fully saturated rings. The Morgan fingerprint density at radius 1 is 1.29 bits per heavy atom. The average Bonchev–Trinajstić information content (AvgIpc) is 2.22. The number of nitrogens with zero attached hydrogens (tertiary/aromatic N) is 1. The SMILES string of the molecule is COC(=O)C(C)S(=O)(=O)N(CC(=O)O)C(C)C. The molecule has 0 aliphatic carbocycles. The molecule has 1 unspecified atom stereocenters. The molecule has 0 aliphatic heterocycles. The summed E-state index contributed by atoms with van der Waals surface area (Å²) in [4.78, 5) is 21.8. The van der Waals surface area contributed by atoms with Crippen LogP contribution in [0, 0.1) is 0 Å². The number of methoxy groups -OCH3 is 1. The van der Waals surface area contributed by atoms with Gasteiger partial charge in [-0.05, 0) is 20.8 Å². The van der Waals surface area contributed by atoms with Crippen LogP contribution in [-0.4, -0.2) is 54.7 Å². The third kappa shape index (κ3) is 3.97. The zero-order valence-corrected chi connectivity index (χ0v) is 11.0. The number of hydrogen-bond donors (Lipinski definition) is 1. The Kier molecular flexibility index (Phi) is 5.56. The van der Waals surface area contributed by atoms with Gasteiger partial charge in [-0.15, -0.1) is 0 Å². The van der Waals surface area contributed by atoms with E-state index < -0.39 is 39.8 Å². The van der Waals surface area contributed by atoms with Gasteiger partial charge in [-0.2, -0.15) is 4.31 Å². The number of carboxylic acids is 1. The number of hydrogen-bond acceptors (Lipinski definition) is 5. The molecule has 0 saturated carbocycles. The van der Waals surface area contributed by atoms with E-state index in [0.29, 0.717) is 0 Å². The fourth-order valence-electron chi connectivity index (χ4n) is 1.19. The van der Waals surface area contributed by atoms with Gasteiger partial charge in [-0.3, -0.25) is 9.59 Å². The van der Waals surface area contributed by atoms with Crippen molar-refractivity contribution >= 4 is 22.0 Å². The predicted octanol–water partition coefficient (Wildman–Crippen LogP) is -0.327. The van der Waals surface area contributed by atoms with Gasteiger partial charge >= 0.3 is 11.9 Å². The predicted molar refractivity (Wildman–Crippen MR) is 59.9 cm³/mol. The number of sulfonamides is 1. The van der Waals surface area contributed by atoms with E-state index in [1.165, 1.54) is 20.8 Å². The molecule has 7 nitrogen and oxygen atoms in total. The topological polar surface area (TPSA) is 101 Å². The maximum Gasteiger partial charge on any atom is 0.325 e. The zero-order valence-electron chi connectivity index (χ0n) is 10.2. The highest BCUT2D eigenvalue weighted by molar-refractivity contribution is 7.90. The first-order chi connectivity index (χ1) is 7.64. The second kappa shape index (κ2) is 5.97. The molecule has 0 aromatic carbocycles. The Morgan fingerprint density at radius 2 is 1.76 bits per heavy atom. The highest BCUT2D eigenvalue weighted by Gasteiger charge is 2.37. The van der Waals surface area contributed by atoms with Crippen LogP contribution in [0.1, 0.15) is 20.8 Å². The molecule has 0 heterocycles. The molecule has 0 amide bonds. The van der Waals surface area contributed by atoms with Crippen molar-refractivity contribution in [3.63, 3.8) is 0 Å². The Morgan fingerprint density at radius 3 is 2.06 bits per heavy atom. The van der Waals surface area contributed by atoms with E-state index >= 15 is 0 Å². The molecule has 1 N–H and O–H groups in total. The van der Waals surface area contributed by atoms with E-state index in [9.17, 15) is 18.0 Å². The average molecular weight is 267 g/mol. The molecule has 0 bridgehead atoms. The summed E-state index contributed by atoms with van der Waals surface area (Å²) < 4.78 is 29.0. The van der Waals surface area contributed by atoms with Crippen molar-refractivity contribution in [2.75, 3.05) is 13.7 Å². The van der Waals surface area contributed by atoms with Gasteiger partial charge in [0, 0.05) is 6.04 Å². The van der Waals surface area contributed by atoms with Crippen LogP contribution in [0.15, 0.2) is 0 Å². The molecule has 0 aliphatic rings. The van der Waals surface area contributed by atoms with E-state index in [0.717, 1.165) is 11.4 Å². The Hall–Kier alpha value is -1.15. The maximum absolute atomic E-state index is 12.0. The van der Waals surface area contributed by atoms with Crippen LogP contribution in [0.5, 0.6) is 0 Å². The summed E-state index contributed by atoms with van der Waals surface area (Å²) in [6, 6.07) is -0.553. The second-order valence-corrected chi connectivity index (χ2v) is 5.95. The van der Waals surface area contributed by atoms with Crippen molar-refractivity contribution in [2.24, 2.45) is 0 Å². The fourth-order valence-corrected chi connectivity index (χ4v) is 2.81. The summed E-state index contributed by atoms with van der Waals surface area (Å²) >= 11 is 0. The number of esters is 1. The first-order valence-electron chi connectivity index (χ1n) is 4.94. The molecular weight excluding hydrogens is 250 g/mol. The highest BCUT2D eigenvalue weighted by atomic mass is 32.2. The minimum absolute atomic E-state index is 0.553. The van der Waals surface area contributed by atoms with Crippen molar-refractivity contribution in [3.05, 3.63) is 0 Å². The van der Waals surface area contributed by atoms with E-state index in [4.69, 9.17) is 5.11 Å². The maximum atomic E-state index is 12.0. The van der Waals surface area contributed by atoms with Gasteiger partial charge in [0.15, 0.2) is 5.25 Å². The van der Waals surface area contributed by atoms with Gasteiger partial charge < -0.3 is 9.84 Å². The minimum Gasteiger partial charge on any atom is -0.480 e. The van der Waals surface area contributed by atoms with E-state index in [1.54, 1.807) is 0 Å². The molecule has 0 radical (unpaired) electrons. The van der Waals surface area contributed by atoms with Gasteiger partial charge in [0.05, 0.1) is 7.11 Å². The summed E-state index contributed by atoms with van der Waals surface area (Å²) in [5.74, 6) is -2.19. The molecule has 0 aromatic heterocycles. The Balaban J connectivity index is 5.22. The molecule has 8 heteroatoms. The lowest BCUT2D eigenvalue weighted by Crippen LogP contribution is -2.47. The van der Waals surface area contributed by atoms with Crippen LogP contribution >= 0.6 is 0 Å². The molecular formula is C9H17NO6S. The van der Waals surface area contributed by atoms with Crippen molar-refractivity contribution in [2.45, 2.75) is 32.1 Å². The number of carbonyl (C=O) groups is 2. The summed E-state index contributed by atoms with van der Waals surface area (Å²) in [6.07, 6.45) is 0. The zero-order chi connectivity index (χ0) is 13.8. The van der Waals surface area contributed by atoms with E-state index in [2.05, 4.69) is 4.74 Å². The third-order valence-electron chi connectivity index (χ3n) is 2.17. The van der Waals surface area contributed by atoms with Crippen LogP contribution in [0.2, 0.25) is 0 Å². The third-order valence-corrected chi connectivity index (χ3v) is 4.46. The van der Waals surface area contributed by atoms with Crippen molar-refractivity contribution in [1.82, 2.24) is 4.31 Å². The minimum atomic E-state index is -4.03. The molecule has 100 valence electrons. The quantitative estimate of drug-likeness (QED) is 0.661. The Labute approximate surface area is 100 Å². The summed E-state index contributed by atoms with van der Waals surface area (Å²) in [6.45, 7) is 3.55. The number of carbonyl (C=O) groups excluding carboxylic acids is 1. The van der Waals surface area contributed by atoms with Gasteiger partial charge in [0.2, 0.25) is 10.0 Å². The fraction of sp³-hybridized carbons (Fsp3) is 0.778. The number of rotatable bonds is 6. The number of carboxylic acid groups (broad SMARTS) is 1. The largest absolute Gasteiger partial charge is 0.480 e. The first kappa shape index (κ1) is 15.9. The van der Waals surface area contributed by atoms with Crippen LogP contribution in [-0.2, 0) is 24.3 Å². The van der Waals surface area contributed by atoms with E-state index in [1.807, 2.05) is 0 Å². The molecule has 0 saturated heterocycles. The normalized spacial score (nSPS) is 13.8. The number of aliphatic carboxylic acids is 1. The number of ether oxygens (including phenoxy) is 1. The molecule has 0 aromatic rings. The summed E-state index contributed by atoms with van der Waals surface area (Å²) in [5.41, 5.74) is 0. The molecule has 1 atom stereocenters. The smallest absolute Gasteiger partial charge is 0.325 e. The van der Waals surface area contributed by atoms with Gasteiger partial charge in [0.1, 0.15) is 6.54 Å². The van der Waals surface area contributed by atoms with Gasteiger partial charge in [0.25, 0.3) is 0 Å². The van der Waals surface area contributed by atoms with Crippen molar-refractivity contribution < 1.29 is 27.9 Å². The Bertz CT molecular complexity index is 388. The van der Waals surface area contributed by atoms with Crippen molar-refractivity contribution in [1.29, 1.82) is 0 Å². The van der Waals surface area contributed by atoms with Crippen LogP contribution < -0.4 is 0 Å². The van der Waals surface area contributed by atoms with Crippen molar-refractivity contribution in [3.8, 4) is 0 Å². The van der Waals surface area contributed by atoms with Crippen LogP contribution in [0.25, 0.3) is 0 Å². The second-order valence-electron chi connectivity index (χ2n) is 3.74. The summed E-state index contributed by atoms with van der Waals surface area (Å²) in [7, 11) is -2.95. The van der Waals surface area contributed by atoms with Gasteiger partial charge in [-0.25, -0.2) is 8.42 Å². The molecule has 17 heavy (non-hydrogen) atoms. The lowest BCUT2D eigenvalue weighted by atomic mass is 10.4. The lowest BCUT2D eigenvalue weighted by molar-refractivity contribution is -0.140. The van der Waals surface area contributed by atoms with Crippen LogP contribution in [0.4, 0.5) is 0 Å².